The average Bonchev–Trinajstić information content (AvgIpc) is 3.67. The number of unbranched alkanes of at least 4 members (excludes halogenated alkanes) is 1. The summed E-state index contributed by atoms with van der Waals surface area (Å²) in [6, 6.07) is 7.54. The third kappa shape index (κ3) is 8.83. The molecule has 0 unspecified atom stereocenters. The van der Waals surface area contributed by atoms with Gasteiger partial charge in [-0.2, -0.15) is 0 Å². The van der Waals surface area contributed by atoms with Gasteiger partial charge in [-0.25, -0.2) is 9.48 Å². The van der Waals surface area contributed by atoms with Gasteiger partial charge in [-0.1, -0.05) is 37.3 Å². The summed E-state index contributed by atoms with van der Waals surface area (Å²) in [4.78, 5) is 47.1. The Morgan fingerprint density at radius 1 is 1.04 bits per heavy atom. The minimum absolute atomic E-state index is 0.0482. The molecule has 11 heteroatoms. The second-order valence-corrected chi connectivity index (χ2v) is 13.9. The van der Waals surface area contributed by atoms with E-state index in [1.165, 1.54) is 0 Å². The molecule has 2 saturated heterocycles. The predicted molar refractivity (Wildman–Crippen MR) is 172 cm³/mol. The molecule has 4 rings (SSSR count). The lowest BCUT2D eigenvalue weighted by Crippen LogP contribution is -2.58. The monoisotopic (exact) mass is 624 g/mol. The highest BCUT2D eigenvalue weighted by Crippen LogP contribution is 2.29. The van der Waals surface area contributed by atoms with Crippen LogP contribution in [0.25, 0.3) is 5.69 Å². The number of carbonyl (C=O) groups is 3. The van der Waals surface area contributed by atoms with Crippen LogP contribution in [-0.2, 0) is 20.7 Å². The SMILES string of the molecule is COCCCCc1c(C(=O)N(CC(C)C)[C@H]2C[C@@H](C(=O)N3CCCC3)CN(C(=O)OC(C)(C)C)C2)nnn1-c1ccccc1C. The first-order valence-corrected chi connectivity index (χ1v) is 16.5. The Balaban J connectivity index is 1.70. The number of hydrogen-bond donors (Lipinski definition) is 0. The zero-order valence-electron chi connectivity index (χ0n) is 28.3. The predicted octanol–water partition coefficient (Wildman–Crippen LogP) is 4.89. The number of aryl methyl sites for hydroxylation is 1. The van der Waals surface area contributed by atoms with Crippen LogP contribution in [0.1, 0.15) is 88.5 Å². The maximum absolute atomic E-state index is 14.6. The summed E-state index contributed by atoms with van der Waals surface area (Å²) >= 11 is 0. The fraction of sp³-hybridized carbons (Fsp3) is 0.676. The number of methoxy groups -OCH3 is 1. The standard InChI is InChI=1S/C34H52N6O5/c1-24(2)21-39(27-20-26(31(41)37-17-11-12-18-37)22-38(23-27)33(43)45-34(4,5)6)32(42)30-29(16-10-13-19-44-7)40(36-35-30)28-15-9-8-14-25(28)3/h8-9,14-15,24,26-27H,10-13,16-23H2,1-7H3/t26-,27+/m1/s1. The second-order valence-electron chi connectivity index (χ2n) is 13.9. The lowest BCUT2D eigenvalue weighted by molar-refractivity contribution is -0.137. The summed E-state index contributed by atoms with van der Waals surface area (Å²) in [6.07, 6.45) is 4.23. The van der Waals surface area contributed by atoms with E-state index in [1.54, 1.807) is 16.7 Å². The molecule has 0 spiro atoms. The summed E-state index contributed by atoms with van der Waals surface area (Å²) in [7, 11) is 1.68. The molecule has 3 amide bonds. The van der Waals surface area contributed by atoms with Crippen molar-refractivity contribution in [2.75, 3.05) is 46.4 Å². The van der Waals surface area contributed by atoms with Gasteiger partial charge in [-0.05, 0) is 83.8 Å². The molecular formula is C34H52N6O5. The van der Waals surface area contributed by atoms with Crippen molar-refractivity contribution in [1.29, 1.82) is 0 Å². The van der Waals surface area contributed by atoms with E-state index in [0.717, 1.165) is 55.7 Å². The number of para-hydroxylation sites is 1. The summed E-state index contributed by atoms with van der Waals surface area (Å²) < 4.78 is 12.8. The minimum Gasteiger partial charge on any atom is -0.444 e. The van der Waals surface area contributed by atoms with E-state index in [1.807, 2.05) is 61.8 Å². The van der Waals surface area contributed by atoms with Crippen LogP contribution in [0.5, 0.6) is 0 Å². The molecule has 45 heavy (non-hydrogen) atoms. The number of aromatic nitrogens is 3. The highest BCUT2D eigenvalue weighted by molar-refractivity contribution is 5.94. The van der Waals surface area contributed by atoms with Crippen LogP contribution < -0.4 is 0 Å². The third-order valence-corrected chi connectivity index (χ3v) is 8.43. The summed E-state index contributed by atoms with van der Waals surface area (Å²) in [5.41, 5.74) is 2.29. The van der Waals surface area contributed by atoms with E-state index >= 15 is 0 Å². The molecule has 1 aromatic carbocycles. The van der Waals surface area contributed by atoms with Gasteiger partial charge >= 0.3 is 6.09 Å². The first kappa shape index (κ1) is 34.4. The van der Waals surface area contributed by atoms with E-state index in [0.29, 0.717) is 31.7 Å². The topological polar surface area (TPSA) is 110 Å². The van der Waals surface area contributed by atoms with Crippen LogP contribution >= 0.6 is 0 Å². The maximum Gasteiger partial charge on any atom is 0.410 e. The number of amides is 3. The van der Waals surface area contributed by atoms with Gasteiger partial charge in [0.05, 0.1) is 23.3 Å². The third-order valence-electron chi connectivity index (χ3n) is 8.43. The summed E-state index contributed by atoms with van der Waals surface area (Å²) in [5.74, 6) is -0.455. The minimum atomic E-state index is -0.683. The Kier molecular flexibility index (Phi) is 11.6. The quantitative estimate of drug-likeness (QED) is 0.328. The van der Waals surface area contributed by atoms with Gasteiger partial charge in [-0.15, -0.1) is 5.10 Å². The van der Waals surface area contributed by atoms with Gasteiger partial charge in [0, 0.05) is 46.4 Å². The first-order valence-electron chi connectivity index (χ1n) is 16.5. The largest absolute Gasteiger partial charge is 0.444 e. The van der Waals surface area contributed by atoms with Crippen molar-refractivity contribution in [3.8, 4) is 5.69 Å². The molecule has 0 aliphatic carbocycles. The molecule has 1 aromatic heterocycles. The van der Waals surface area contributed by atoms with Gasteiger partial charge in [0.2, 0.25) is 5.91 Å². The van der Waals surface area contributed by atoms with Gasteiger partial charge in [0.15, 0.2) is 5.69 Å². The number of piperidine rings is 1. The van der Waals surface area contributed by atoms with Crippen LogP contribution in [-0.4, -0.2) is 106 Å². The van der Waals surface area contributed by atoms with Crippen LogP contribution in [0, 0.1) is 18.8 Å². The summed E-state index contributed by atoms with van der Waals surface area (Å²) in [5, 5.41) is 8.98. The van der Waals surface area contributed by atoms with Crippen molar-refractivity contribution < 1.29 is 23.9 Å². The van der Waals surface area contributed by atoms with Crippen LogP contribution in [0.3, 0.4) is 0 Å². The Labute approximate surface area is 268 Å². The zero-order chi connectivity index (χ0) is 32.7. The lowest BCUT2D eigenvalue weighted by Gasteiger charge is -2.43. The fourth-order valence-electron chi connectivity index (χ4n) is 6.30. The van der Waals surface area contributed by atoms with E-state index in [2.05, 4.69) is 24.2 Å². The van der Waals surface area contributed by atoms with E-state index in [9.17, 15) is 14.4 Å². The Hall–Kier alpha value is -3.47. The van der Waals surface area contributed by atoms with Gasteiger partial charge in [-0.3, -0.25) is 9.59 Å². The highest BCUT2D eigenvalue weighted by Gasteiger charge is 2.42. The van der Waals surface area contributed by atoms with Crippen molar-refractivity contribution in [2.45, 2.75) is 91.7 Å². The molecule has 11 nitrogen and oxygen atoms in total. The van der Waals surface area contributed by atoms with Gasteiger partial charge in [0.1, 0.15) is 5.60 Å². The van der Waals surface area contributed by atoms with E-state index < -0.39 is 17.6 Å². The molecule has 0 radical (unpaired) electrons. The Morgan fingerprint density at radius 3 is 2.40 bits per heavy atom. The number of likely N-dealkylation sites (tertiary alicyclic amines) is 2. The molecule has 2 fully saturated rings. The number of nitrogens with zero attached hydrogens (tertiary/aromatic N) is 6. The van der Waals surface area contributed by atoms with E-state index in [-0.39, 0.29) is 36.9 Å². The molecule has 0 bridgehead atoms. The normalized spacial score (nSPS) is 18.8. The van der Waals surface area contributed by atoms with Crippen LogP contribution in [0.2, 0.25) is 0 Å². The number of hydrogen-bond acceptors (Lipinski definition) is 7. The molecular weight excluding hydrogens is 572 g/mol. The molecule has 0 N–H and O–H groups in total. The van der Waals surface area contributed by atoms with E-state index in [4.69, 9.17) is 9.47 Å². The van der Waals surface area contributed by atoms with Crippen LogP contribution in [0.15, 0.2) is 24.3 Å². The molecule has 2 atom stereocenters. The number of carbonyl (C=O) groups excluding carboxylic acids is 3. The maximum atomic E-state index is 14.6. The smallest absolute Gasteiger partial charge is 0.410 e. The first-order chi connectivity index (χ1) is 21.4. The number of rotatable bonds is 11. The Bertz CT molecular complexity index is 1310. The second kappa shape index (κ2) is 15.2. The molecule has 0 saturated carbocycles. The molecule has 3 heterocycles. The van der Waals surface area contributed by atoms with Crippen molar-refractivity contribution in [3.05, 3.63) is 41.2 Å². The highest BCUT2D eigenvalue weighted by atomic mass is 16.6. The van der Waals surface area contributed by atoms with Crippen molar-refractivity contribution >= 4 is 17.9 Å². The fourth-order valence-corrected chi connectivity index (χ4v) is 6.30. The Morgan fingerprint density at radius 2 is 1.76 bits per heavy atom. The van der Waals surface area contributed by atoms with Crippen molar-refractivity contribution in [3.63, 3.8) is 0 Å². The average molecular weight is 625 g/mol. The van der Waals surface area contributed by atoms with Crippen LogP contribution in [0.4, 0.5) is 4.79 Å². The molecule has 2 aliphatic heterocycles. The number of benzene rings is 1. The van der Waals surface area contributed by atoms with Crippen molar-refractivity contribution in [2.24, 2.45) is 11.8 Å². The molecule has 248 valence electrons. The van der Waals surface area contributed by atoms with Gasteiger partial charge in [0.25, 0.3) is 5.91 Å². The summed E-state index contributed by atoms with van der Waals surface area (Å²) in [6.45, 7) is 14.8. The van der Waals surface area contributed by atoms with Gasteiger partial charge < -0.3 is 24.2 Å². The number of ether oxygens (including phenoxy) is 2. The molecule has 2 aliphatic rings. The lowest BCUT2D eigenvalue weighted by atomic mass is 9.91. The molecule has 2 aromatic rings. The zero-order valence-corrected chi connectivity index (χ0v) is 28.3. The van der Waals surface area contributed by atoms with Crippen molar-refractivity contribution in [1.82, 2.24) is 29.7 Å².